The van der Waals surface area contributed by atoms with Gasteiger partial charge in [0.2, 0.25) is 0 Å². The molecule has 1 aromatic heterocycles. The van der Waals surface area contributed by atoms with Gasteiger partial charge in [0.05, 0.1) is 12.3 Å². The number of thiazole rings is 1. The van der Waals surface area contributed by atoms with Crippen molar-refractivity contribution in [3.8, 4) is 0 Å². The van der Waals surface area contributed by atoms with E-state index in [2.05, 4.69) is 18.7 Å². The molecule has 0 radical (unpaired) electrons. The van der Waals surface area contributed by atoms with Gasteiger partial charge in [-0.15, -0.1) is 11.3 Å². The highest BCUT2D eigenvalue weighted by Crippen LogP contribution is 2.38. The zero-order valence-corrected chi connectivity index (χ0v) is 13.0. The zero-order chi connectivity index (χ0) is 13.8. The number of rotatable bonds is 8. The summed E-state index contributed by atoms with van der Waals surface area (Å²) in [7, 11) is 1.75. The summed E-state index contributed by atoms with van der Waals surface area (Å²) in [4.78, 5) is 8.42. The van der Waals surface area contributed by atoms with Crippen molar-refractivity contribution >= 4 is 16.5 Å². The Hall–Kier alpha value is -0.650. The second-order valence-electron chi connectivity index (χ2n) is 5.19. The van der Waals surface area contributed by atoms with E-state index in [4.69, 9.17) is 15.5 Å². The molecule has 1 aromatic rings. The van der Waals surface area contributed by atoms with Gasteiger partial charge in [0, 0.05) is 31.1 Å². The number of anilines is 1. The average Bonchev–Trinajstić information content (AvgIpc) is 3.19. The van der Waals surface area contributed by atoms with Crippen LogP contribution in [0.5, 0.6) is 0 Å². The Labute approximate surface area is 120 Å². The maximum atomic E-state index is 5.82. The van der Waals surface area contributed by atoms with Crippen LogP contribution >= 0.6 is 11.3 Å². The number of nitrogens with two attached hydrogens (primary N) is 1. The van der Waals surface area contributed by atoms with Gasteiger partial charge in [-0.1, -0.05) is 6.92 Å². The van der Waals surface area contributed by atoms with Crippen molar-refractivity contribution in [2.24, 2.45) is 11.7 Å². The molecule has 108 valence electrons. The van der Waals surface area contributed by atoms with E-state index in [1.165, 1.54) is 17.7 Å². The smallest absolute Gasteiger partial charge is 0.186 e. The predicted octanol–water partition coefficient (Wildman–Crippen LogP) is 2.42. The van der Waals surface area contributed by atoms with Crippen molar-refractivity contribution in [1.82, 2.24) is 4.98 Å². The van der Waals surface area contributed by atoms with Gasteiger partial charge in [0.25, 0.3) is 0 Å². The maximum absolute atomic E-state index is 5.82. The first kappa shape index (κ1) is 14.8. The molecule has 19 heavy (non-hydrogen) atoms. The van der Waals surface area contributed by atoms with Gasteiger partial charge in [-0.25, -0.2) is 4.98 Å². The van der Waals surface area contributed by atoms with Crippen LogP contribution in [0.15, 0.2) is 0 Å². The lowest BCUT2D eigenvalue weighted by atomic mass is 10.2. The summed E-state index contributed by atoms with van der Waals surface area (Å²) >= 11 is 1.75. The van der Waals surface area contributed by atoms with E-state index < -0.39 is 0 Å². The maximum Gasteiger partial charge on any atom is 0.186 e. The Morgan fingerprint density at radius 3 is 2.74 bits per heavy atom. The SMILES string of the molecule is CCc1nc(N(CCOC)C(C)C2CC2)sc1CN. The molecule has 1 aliphatic rings. The summed E-state index contributed by atoms with van der Waals surface area (Å²) in [5.41, 5.74) is 6.98. The average molecular weight is 283 g/mol. The Kier molecular flexibility index (Phi) is 5.19. The topological polar surface area (TPSA) is 51.4 Å². The second kappa shape index (κ2) is 6.68. The Morgan fingerprint density at radius 2 is 2.26 bits per heavy atom. The summed E-state index contributed by atoms with van der Waals surface area (Å²) in [5.74, 6) is 0.826. The number of hydrogen-bond acceptors (Lipinski definition) is 5. The third-order valence-corrected chi connectivity index (χ3v) is 5.02. The van der Waals surface area contributed by atoms with Gasteiger partial charge in [-0.05, 0) is 32.1 Å². The van der Waals surface area contributed by atoms with Crippen LogP contribution in [0.1, 0.15) is 37.3 Å². The van der Waals surface area contributed by atoms with Crippen LogP contribution in [0, 0.1) is 5.92 Å². The Morgan fingerprint density at radius 1 is 1.53 bits per heavy atom. The first-order valence-corrected chi connectivity index (χ1v) is 7.97. The van der Waals surface area contributed by atoms with Crippen molar-refractivity contribution < 1.29 is 4.74 Å². The molecular weight excluding hydrogens is 258 g/mol. The fraction of sp³-hybridized carbons (Fsp3) is 0.786. The fourth-order valence-electron chi connectivity index (χ4n) is 2.42. The van der Waals surface area contributed by atoms with Crippen LogP contribution in [0.3, 0.4) is 0 Å². The number of ether oxygens (including phenoxy) is 1. The number of aromatic nitrogens is 1. The monoisotopic (exact) mass is 283 g/mol. The van der Waals surface area contributed by atoms with E-state index in [-0.39, 0.29) is 0 Å². The fourth-order valence-corrected chi connectivity index (χ4v) is 3.57. The molecule has 5 heteroatoms. The largest absolute Gasteiger partial charge is 0.383 e. The summed E-state index contributed by atoms with van der Waals surface area (Å²) in [5, 5.41) is 1.12. The van der Waals surface area contributed by atoms with Crippen LogP contribution in [-0.4, -0.2) is 31.3 Å². The number of methoxy groups -OCH3 is 1. The third kappa shape index (κ3) is 3.46. The minimum atomic E-state index is 0.552. The summed E-state index contributed by atoms with van der Waals surface area (Å²) in [6.45, 7) is 6.70. The van der Waals surface area contributed by atoms with E-state index in [0.717, 1.165) is 36.3 Å². The first-order valence-electron chi connectivity index (χ1n) is 7.15. The molecule has 0 saturated heterocycles. The molecule has 1 fully saturated rings. The van der Waals surface area contributed by atoms with Crippen molar-refractivity contribution in [3.63, 3.8) is 0 Å². The van der Waals surface area contributed by atoms with Crippen LogP contribution in [0.4, 0.5) is 5.13 Å². The number of hydrogen-bond donors (Lipinski definition) is 1. The second-order valence-corrected chi connectivity index (χ2v) is 6.25. The van der Waals surface area contributed by atoms with E-state index in [9.17, 15) is 0 Å². The summed E-state index contributed by atoms with van der Waals surface area (Å²) < 4.78 is 5.24. The van der Waals surface area contributed by atoms with Crippen LogP contribution in [0.25, 0.3) is 0 Å². The van der Waals surface area contributed by atoms with E-state index in [1.54, 1.807) is 18.4 Å². The van der Waals surface area contributed by atoms with E-state index in [0.29, 0.717) is 12.6 Å². The highest BCUT2D eigenvalue weighted by atomic mass is 32.1. The number of nitrogens with zero attached hydrogens (tertiary/aromatic N) is 2. The van der Waals surface area contributed by atoms with Gasteiger partial charge >= 0.3 is 0 Å². The minimum absolute atomic E-state index is 0.552. The lowest BCUT2D eigenvalue weighted by Gasteiger charge is -2.28. The zero-order valence-electron chi connectivity index (χ0n) is 12.2. The minimum Gasteiger partial charge on any atom is -0.383 e. The molecule has 0 bridgehead atoms. The molecule has 0 aliphatic heterocycles. The van der Waals surface area contributed by atoms with Gasteiger partial charge < -0.3 is 15.4 Å². The van der Waals surface area contributed by atoms with Gasteiger partial charge in [0.1, 0.15) is 0 Å². The summed E-state index contributed by atoms with van der Waals surface area (Å²) in [6.07, 6.45) is 3.65. The van der Waals surface area contributed by atoms with E-state index >= 15 is 0 Å². The Bertz CT molecular complexity index is 382. The molecular formula is C14H25N3OS. The first-order chi connectivity index (χ1) is 9.21. The third-order valence-electron chi connectivity index (χ3n) is 3.87. The molecule has 1 saturated carbocycles. The van der Waals surface area contributed by atoms with Crippen molar-refractivity contribution in [2.45, 2.75) is 45.7 Å². The molecule has 0 amide bonds. The van der Waals surface area contributed by atoms with Gasteiger partial charge in [-0.3, -0.25) is 0 Å². The standard InChI is InChI=1S/C14H25N3OS/c1-4-12-13(9-15)19-14(16-12)17(7-8-18-3)10(2)11-5-6-11/h10-11H,4-9,15H2,1-3H3. The molecule has 2 rings (SSSR count). The molecule has 2 N–H and O–H groups in total. The highest BCUT2D eigenvalue weighted by Gasteiger charge is 2.33. The molecule has 1 aliphatic carbocycles. The lowest BCUT2D eigenvalue weighted by molar-refractivity contribution is 0.202. The lowest BCUT2D eigenvalue weighted by Crippen LogP contribution is -2.37. The summed E-state index contributed by atoms with van der Waals surface area (Å²) in [6, 6.07) is 0.552. The quantitative estimate of drug-likeness (QED) is 0.796. The van der Waals surface area contributed by atoms with Gasteiger partial charge in [0.15, 0.2) is 5.13 Å². The van der Waals surface area contributed by atoms with Crippen LogP contribution < -0.4 is 10.6 Å². The van der Waals surface area contributed by atoms with Crippen molar-refractivity contribution in [1.29, 1.82) is 0 Å². The number of aryl methyl sites for hydroxylation is 1. The molecule has 1 heterocycles. The molecule has 1 unspecified atom stereocenters. The van der Waals surface area contributed by atoms with Crippen molar-refractivity contribution in [3.05, 3.63) is 10.6 Å². The predicted molar refractivity (Wildman–Crippen MR) is 80.8 cm³/mol. The highest BCUT2D eigenvalue weighted by molar-refractivity contribution is 7.15. The Balaban J connectivity index is 2.18. The van der Waals surface area contributed by atoms with Crippen LogP contribution in [0.2, 0.25) is 0 Å². The molecule has 0 aromatic carbocycles. The van der Waals surface area contributed by atoms with Crippen molar-refractivity contribution in [2.75, 3.05) is 25.2 Å². The van der Waals surface area contributed by atoms with Gasteiger partial charge in [-0.2, -0.15) is 0 Å². The van der Waals surface area contributed by atoms with Crippen LogP contribution in [-0.2, 0) is 17.7 Å². The molecule has 4 nitrogen and oxygen atoms in total. The normalized spacial score (nSPS) is 16.6. The van der Waals surface area contributed by atoms with E-state index in [1.807, 2.05) is 0 Å². The molecule has 1 atom stereocenters. The molecule has 0 spiro atoms.